The van der Waals surface area contributed by atoms with Crippen LogP contribution in [0.25, 0.3) is 0 Å². The molecule has 1 aromatic carbocycles. The van der Waals surface area contributed by atoms with Crippen molar-refractivity contribution in [3.8, 4) is 0 Å². The molecule has 0 saturated carbocycles. The summed E-state index contributed by atoms with van der Waals surface area (Å²) in [5.41, 5.74) is 1.84. The average Bonchev–Trinajstić information content (AvgIpc) is 2.40. The van der Waals surface area contributed by atoms with Crippen LogP contribution in [0.2, 0.25) is 0 Å². The fourth-order valence-electron chi connectivity index (χ4n) is 2.58. The second-order valence-electron chi connectivity index (χ2n) is 6.17. The molecular formula is C16H26N2. The molecule has 1 aliphatic heterocycles. The molecule has 1 aliphatic rings. The molecule has 0 spiro atoms. The van der Waals surface area contributed by atoms with Crippen LogP contribution in [0.1, 0.15) is 38.8 Å². The molecule has 0 aliphatic carbocycles. The molecule has 1 saturated heterocycles. The molecule has 1 unspecified atom stereocenters. The summed E-state index contributed by atoms with van der Waals surface area (Å²) in [4.78, 5) is 2.61. The first-order chi connectivity index (χ1) is 8.61. The van der Waals surface area contributed by atoms with Crippen LogP contribution in [0.5, 0.6) is 0 Å². The summed E-state index contributed by atoms with van der Waals surface area (Å²) < 4.78 is 0. The fraction of sp³-hybridized carbons (Fsp3) is 0.625. The van der Waals surface area contributed by atoms with Gasteiger partial charge in [0.2, 0.25) is 0 Å². The Morgan fingerprint density at radius 2 is 2.00 bits per heavy atom. The van der Waals surface area contributed by atoms with Crippen LogP contribution in [-0.4, -0.2) is 31.1 Å². The van der Waals surface area contributed by atoms with E-state index in [2.05, 4.69) is 61.3 Å². The number of benzene rings is 1. The molecule has 2 heteroatoms. The first-order valence-electron chi connectivity index (χ1n) is 7.11. The smallest absolute Gasteiger partial charge is 0.0449 e. The molecule has 0 radical (unpaired) electrons. The highest BCUT2D eigenvalue weighted by atomic mass is 15.2. The number of nitrogens with zero attached hydrogens (tertiary/aromatic N) is 1. The van der Waals surface area contributed by atoms with E-state index >= 15 is 0 Å². The monoisotopic (exact) mass is 246 g/mol. The zero-order valence-electron chi connectivity index (χ0n) is 11.9. The minimum atomic E-state index is 0.429. The molecule has 0 bridgehead atoms. The fourth-order valence-corrected chi connectivity index (χ4v) is 2.58. The lowest BCUT2D eigenvalue weighted by Gasteiger charge is -2.38. The van der Waals surface area contributed by atoms with Crippen molar-refractivity contribution in [2.24, 2.45) is 5.41 Å². The number of hydrogen-bond acceptors (Lipinski definition) is 2. The van der Waals surface area contributed by atoms with Crippen LogP contribution >= 0.6 is 0 Å². The zero-order valence-corrected chi connectivity index (χ0v) is 11.9. The van der Waals surface area contributed by atoms with Crippen molar-refractivity contribution in [3.63, 3.8) is 0 Å². The quantitative estimate of drug-likeness (QED) is 0.878. The summed E-state index contributed by atoms with van der Waals surface area (Å²) in [7, 11) is 0. The lowest BCUT2D eigenvalue weighted by molar-refractivity contribution is 0.134. The van der Waals surface area contributed by atoms with Crippen molar-refractivity contribution >= 4 is 0 Å². The lowest BCUT2D eigenvalue weighted by Crippen LogP contribution is -2.48. The SMILES string of the molecule is CCC(C)(C)CN1CCNC(c2ccccc2)C1. The van der Waals surface area contributed by atoms with Gasteiger partial charge < -0.3 is 5.32 Å². The largest absolute Gasteiger partial charge is 0.308 e. The minimum Gasteiger partial charge on any atom is -0.308 e. The van der Waals surface area contributed by atoms with Gasteiger partial charge in [0.15, 0.2) is 0 Å². The van der Waals surface area contributed by atoms with E-state index in [9.17, 15) is 0 Å². The van der Waals surface area contributed by atoms with Gasteiger partial charge in [0.25, 0.3) is 0 Å². The van der Waals surface area contributed by atoms with E-state index in [0.717, 1.165) is 13.1 Å². The van der Waals surface area contributed by atoms with Gasteiger partial charge in [-0.25, -0.2) is 0 Å². The van der Waals surface area contributed by atoms with Gasteiger partial charge >= 0.3 is 0 Å². The van der Waals surface area contributed by atoms with Crippen molar-refractivity contribution in [3.05, 3.63) is 35.9 Å². The molecule has 1 heterocycles. The first-order valence-corrected chi connectivity index (χ1v) is 7.11. The van der Waals surface area contributed by atoms with Gasteiger partial charge in [0.1, 0.15) is 0 Å². The van der Waals surface area contributed by atoms with Gasteiger partial charge in [0.05, 0.1) is 0 Å². The Morgan fingerprint density at radius 3 is 2.67 bits per heavy atom. The Morgan fingerprint density at radius 1 is 1.28 bits per heavy atom. The topological polar surface area (TPSA) is 15.3 Å². The summed E-state index contributed by atoms with van der Waals surface area (Å²) in [6, 6.07) is 11.3. The molecule has 2 nitrogen and oxygen atoms in total. The van der Waals surface area contributed by atoms with Gasteiger partial charge in [0, 0.05) is 32.2 Å². The summed E-state index contributed by atoms with van der Waals surface area (Å²) in [6.07, 6.45) is 1.24. The molecule has 1 fully saturated rings. The lowest BCUT2D eigenvalue weighted by atomic mass is 9.89. The molecular weight excluding hydrogens is 220 g/mol. The molecule has 1 N–H and O–H groups in total. The third kappa shape index (κ3) is 3.56. The third-order valence-electron chi connectivity index (χ3n) is 4.07. The summed E-state index contributed by atoms with van der Waals surface area (Å²) in [5, 5.41) is 3.63. The van der Waals surface area contributed by atoms with E-state index in [-0.39, 0.29) is 0 Å². The maximum absolute atomic E-state index is 3.63. The molecule has 0 aromatic heterocycles. The standard InChI is InChI=1S/C16H26N2/c1-4-16(2,3)13-18-11-10-17-15(12-18)14-8-6-5-7-9-14/h5-9,15,17H,4,10-13H2,1-3H3. The van der Waals surface area contributed by atoms with Crippen molar-refractivity contribution in [1.82, 2.24) is 10.2 Å². The van der Waals surface area contributed by atoms with Gasteiger partial charge in [-0.3, -0.25) is 4.90 Å². The van der Waals surface area contributed by atoms with Crippen molar-refractivity contribution in [1.29, 1.82) is 0 Å². The van der Waals surface area contributed by atoms with Crippen LogP contribution in [-0.2, 0) is 0 Å². The number of nitrogens with one attached hydrogen (secondary N) is 1. The van der Waals surface area contributed by atoms with Crippen LogP contribution in [0.3, 0.4) is 0 Å². The van der Waals surface area contributed by atoms with Gasteiger partial charge in [-0.15, -0.1) is 0 Å². The molecule has 2 rings (SSSR count). The number of rotatable bonds is 4. The van der Waals surface area contributed by atoms with E-state index in [1.807, 2.05) is 0 Å². The van der Waals surface area contributed by atoms with E-state index < -0.39 is 0 Å². The Labute approximate surface area is 111 Å². The average molecular weight is 246 g/mol. The Bertz CT molecular complexity index is 359. The zero-order chi connectivity index (χ0) is 13.0. The Hall–Kier alpha value is -0.860. The highest BCUT2D eigenvalue weighted by Crippen LogP contribution is 2.24. The predicted molar refractivity (Wildman–Crippen MR) is 77.7 cm³/mol. The molecule has 0 amide bonds. The molecule has 18 heavy (non-hydrogen) atoms. The van der Waals surface area contributed by atoms with Gasteiger partial charge in [-0.05, 0) is 17.4 Å². The minimum absolute atomic E-state index is 0.429. The van der Waals surface area contributed by atoms with E-state index in [4.69, 9.17) is 0 Å². The van der Waals surface area contributed by atoms with E-state index in [0.29, 0.717) is 11.5 Å². The van der Waals surface area contributed by atoms with Crippen molar-refractivity contribution in [2.75, 3.05) is 26.2 Å². The molecule has 1 aromatic rings. The number of hydrogen-bond donors (Lipinski definition) is 1. The van der Waals surface area contributed by atoms with Crippen LogP contribution in [0, 0.1) is 5.41 Å². The van der Waals surface area contributed by atoms with Crippen molar-refractivity contribution in [2.45, 2.75) is 33.2 Å². The highest BCUT2D eigenvalue weighted by molar-refractivity contribution is 5.19. The molecule has 100 valence electrons. The summed E-state index contributed by atoms with van der Waals surface area (Å²) >= 11 is 0. The predicted octanol–water partition coefficient (Wildman–Crippen LogP) is 3.07. The summed E-state index contributed by atoms with van der Waals surface area (Å²) in [6.45, 7) is 11.6. The van der Waals surface area contributed by atoms with Crippen LogP contribution in [0.4, 0.5) is 0 Å². The normalized spacial score (nSPS) is 22.1. The highest BCUT2D eigenvalue weighted by Gasteiger charge is 2.25. The van der Waals surface area contributed by atoms with Gasteiger partial charge in [-0.2, -0.15) is 0 Å². The van der Waals surface area contributed by atoms with Crippen molar-refractivity contribution < 1.29 is 0 Å². The third-order valence-corrected chi connectivity index (χ3v) is 4.07. The molecule has 1 atom stereocenters. The Balaban J connectivity index is 1.97. The second-order valence-corrected chi connectivity index (χ2v) is 6.17. The first kappa shape index (κ1) is 13.6. The maximum Gasteiger partial charge on any atom is 0.0449 e. The Kier molecular flexibility index (Phi) is 4.41. The second kappa shape index (κ2) is 5.85. The van der Waals surface area contributed by atoms with Crippen LogP contribution < -0.4 is 5.32 Å². The van der Waals surface area contributed by atoms with E-state index in [1.165, 1.54) is 25.1 Å². The maximum atomic E-state index is 3.63. The van der Waals surface area contributed by atoms with Crippen LogP contribution in [0.15, 0.2) is 30.3 Å². The van der Waals surface area contributed by atoms with Gasteiger partial charge in [-0.1, -0.05) is 51.1 Å². The number of piperazine rings is 1. The van der Waals surface area contributed by atoms with E-state index in [1.54, 1.807) is 0 Å². The summed E-state index contributed by atoms with van der Waals surface area (Å²) in [5.74, 6) is 0.